The first-order valence-electron chi connectivity index (χ1n) is 7.27. The molecular formula is C16H17ClN2O3. The standard InChI is InChI=1S/C16H17ClN2O3/c17-13-5-3-11(4-6-13)14-8-18-15(22-14)10-19-7-1-2-12(9-19)16(20)21/h3-6,8,12H,1-2,7,9-10H2,(H,20,21)/t12-/m0/s1. The predicted octanol–water partition coefficient (Wildman–Crippen LogP) is 3.29. The fourth-order valence-corrected chi connectivity index (χ4v) is 2.85. The number of aliphatic carboxylic acids is 1. The number of carboxylic acid groups (broad SMARTS) is 1. The van der Waals surface area contributed by atoms with Crippen molar-refractivity contribution < 1.29 is 14.3 Å². The predicted molar refractivity (Wildman–Crippen MR) is 82.6 cm³/mol. The molecule has 22 heavy (non-hydrogen) atoms. The molecule has 5 nitrogen and oxygen atoms in total. The number of nitrogens with zero attached hydrogens (tertiary/aromatic N) is 2. The number of halogens is 1. The Balaban J connectivity index is 1.66. The number of oxazole rings is 1. The van der Waals surface area contributed by atoms with Gasteiger partial charge in [0.05, 0.1) is 18.7 Å². The van der Waals surface area contributed by atoms with Gasteiger partial charge < -0.3 is 9.52 Å². The highest BCUT2D eigenvalue weighted by Gasteiger charge is 2.26. The number of benzene rings is 1. The first kappa shape index (κ1) is 15.1. The summed E-state index contributed by atoms with van der Waals surface area (Å²) < 4.78 is 5.76. The molecule has 1 atom stereocenters. The van der Waals surface area contributed by atoms with E-state index in [9.17, 15) is 4.79 Å². The van der Waals surface area contributed by atoms with E-state index in [2.05, 4.69) is 9.88 Å². The molecule has 0 aliphatic carbocycles. The molecule has 0 radical (unpaired) electrons. The molecule has 0 unspecified atom stereocenters. The number of aromatic nitrogens is 1. The Bertz CT molecular complexity index is 654. The lowest BCUT2D eigenvalue weighted by Crippen LogP contribution is -2.38. The SMILES string of the molecule is O=C(O)[C@H]1CCCN(Cc2ncc(-c3ccc(Cl)cc3)o2)C1. The molecule has 0 spiro atoms. The highest BCUT2D eigenvalue weighted by Crippen LogP contribution is 2.24. The zero-order valence-corrected chi connectivity index (χ0v) is 12.8. The second-order valence-electron chi connectivity index (χ2n) is 5.54. The van der Waals surface area contributed by atoms with Crippen molar-refractivity contribution >= 4 is 17.6 Å². The van der Waals surface area contributed by atoms with Gasteiger partial charge in [-0.15, -0.1) is 0 Å². The monoisotopic (exact) mass is 320 g/mol. The van der Waals surface area contributed by atoms with Crippen molar-refractivity contribution in [1.82, 2.24) is 9.88 Å². The summed E-state index contributed by atoms with van der Waals surface area (Å²) in [6, 6.07) is 7.38. The van der Waals surface area contributed by atoms with Gasteiger partial charge in [-0.2, -0.15) is 0 Å². The number of carboxylic acids is 1. The highest BCUT2D eigenvalue weighted by molar-refractivity contribution is 6.30. The van der Waals surface area contributed by atoms with E-state index in [-0.39, 0.29) is 5.92 Å². The number of likely N-dealkylation sites (tertiary alicyclic amines) is 1. The number of piperidine rings is 1. The molecule has 0 amide bonds. The van der Waals surface area contributed by atoms with Crippen LogP contribution in [0.25, 0.3) is 11.3 Å². The molecule has 1 aromatic carbocycles. The minimum atomic E-state index is -0.723. The smallest absolute Gasteiger partial charge is 0.307 e. The minimum absolute atomic E-state index is 0.292. The zero-order valence-electron chi connectivity index (χ0n) is 12.0. The van der Waals surface area contributed by atoms with Crippen LogP contribution < -0.4 is 0 Å². The molecule has 1 aliphatic heterocycles. The molecule has 1 saturated heterocycles. The van der Waals surface area contributed by atoms with Crippen molar-refractivity contribution in [2.75, 3.05) is 13.1 Å². The van der Waals surface area contributed by atoms with Crippen molar-refractivity contribution in [2.24, 2.45) is 5.92 Å². The Morgan fingerprint density at radius 1 is 1.41 bits per heavy atom. The summed E-state index contributed by atoms with van der Waals surface area (Å²) in [5.74, 6) is 0.285. The molecule has 1 fully saturated rings. The van der Waals surface area contributed by atoms with E-state index in [1.165, 1.54) is 0 Å². The van der Waals surface area contributed by atoms with Crippen LogP contribution in [-0.4, -0.2) is 34.0 Å². The van der Waals surface area contributed by atoms with Crippen LogP contribution in [0.15, 0.2) is 34.9 Å². The molecule has 2 heterocycles. The number of hydrogen-bond donors (Lipinski definition) is 1. The quantitative estimate of drug-likeness (QED) is 0.936. The topological polar surface area (TPSA) is 66.6 Å². The normalized spacial score (nSPS) is 19.2. The van der Waals surface area contributed by atoms with Crippen LogP contribution in [0.1, 0.15) is 18.7 Å². The first-order valence-corrected chi connectivity index (χ1v) is 7.65. The first-order chi connectivity index (χ1) is 10.6. The molecule has 3 rings (SSSR count). The van der Waals surface area contributed by atoms with E-state index in [4.69, 9.17) is 21.1 Å². The minimum Gasteiger partial charge on any atom is -0.481 e. The molecule has 6 heteroatoms. The van der Waals surface area contributed by atoms with Crippen molar-refractivity contribution in [1.29, 1.82) is 0 Å². The highest BCUT2D eigenvalue weighted by atomic mass is 35.5. The number of carbonyl (C=O) groups is 1. The Kier molecular flexibility index (Phi) is 4.45. The van der Waals surface area contributed by atoms with Crippen LogP contribution in [0.5, 0.6) is 0 Å². The van der Waals surface area contributed by atoms with E-state index in [1.54, 1.807) is 18.3 Å². The Labute approximate surface area is 133 Å². The molecule has 1 aliphatic rings. The fourth-order valence-electron chi connectivity index (χ4n) is 2.72. The molecular weight excluding hydrogens is 304 g/mol. The summed E-state index contributed by atoms with van der Waals surface area (Å²) >= 11 is 5.87. The van der Waals surface area contributed by atoms with Gasteiger partial charge >= 0.3 is 5.97 Å². The second-order valence-corrected chi connectivity index (χ2v) is 5.97. The third kappa shape index (κ3) is 3.48. The Hall–Kier alpha value is -1.85. The summed E-state index contributed by atoms with van der Waals surface area (Å²) in [6.45, 7) is 1.97. The molecule has 1 N–H and O–H groups in total. The lowest BCUT2D eigenvalue weighted by atomic mass is 9.98. The Morgan fingerprint density at radius 3 is 2.91 bits per heavy atom. The van der Waals surface area contributed by atoms with Crippen molar-refractivity contribution in [3.8, 4) is 11.3 Å². The molecule has 116 valence electrons. The van der Waals surface area contributed by atoms with Gasteiger partial charge in [-0.05, 0) is 43.7 Å². The average Bonchev–Trinajstić information content (AvgIpc) is 2.96. The molecule has 2 aromatic rings. The van der Waals surface area contributed by atoms with Crippen LogP contribution in [0, 0.1) is 5.92 Å². The summed E-state index contributed by atoms with van der Waals surface area (Å²) in [4.78, 5) is 17.5. The van der Waals surface area contributed by atoms with Gasteiger partial charge in [-0.25, -0.2) is 4.98 Å². The second kappa shape index (κ2) is 6.50. The summed E-state index contributed by atoms with van der Waals surface area (Å²) in [5.41, 5.74) is 0.921. The summed E-state index contributed by atoms with van der Waals surface area (Å²) in [7, 11) is 0. The van der Waals surface area contributed by atoms with Gasteiger partial charge in [-0.3, -0.25) is 9.69 Å². The van der Waals surface area contributed by atoms with Crippen molar-refractivity contribution in [3.63, 3.8) is 0 Å². The lowest BCUT2D eigenvalue weighted by molar-refractivity contribution is -0.143. The van der Waals surface area contributed by atoms with E-state index >= 15 is 0 Å². The van der Waals surface area contributed by atoms with Gasteiger partial charge in [0, 0.05) is 17.1 Å². The summed E-state index contributed by atoms with van der Waals surface area (Å²) in [5, 5.41) is 9.80. The molecule has 0 bridgehead atoms. The number of rotatable bonds is 4. The maximum Gasteiger partial charge on any atom is 0.307 e. The van der Waals surface area contributed by atoms with Crippen LogP contribution >= 0.6 is 11.6 Å². The number of hydrogen-bond acceptors (Lipinski definition) is 4. The van der Waals surface area contributed by atoms with Gasteiger partial charge in [0.25, 0.3) is 0 Å². The summed E-state index contributed by atoms with van der Waals surface area (Å²) in [6.07, 6.45) is 3.33. The van der Waals surface area contributed by atoms with Crippen LogP contribution in [0.3, 0.4) is 0 Å². The third-order valence-electron chi connectivity index (χ3n) is 3.90. The van der Waals surface area contributed by atoms with Gasteiger partial charge in [0.2, 0.25) is 5.89 Å². The zero-order chi connectivity index (χ0) is 15.5. The van der Waals surface area contributed by atoms with E-state index < -0.39 is 5.97 Å². The van der Waals surface area contributed by atoms with Crippen LogP contribution in [-0.2, 0) is 11.3 Å². The van der Waals surface area contributed by atoms with E-state index in [1.807, 2.05) is 12.1 Å². The maximum absolute atomic E-state index is 11.1. The van der Waals surface area contributed by atoms with Crippen molar-refractivity contribution in [3.05, 3.63) is 41.4 Å². The largest absolute Gasteiger partial charge is 0.481 e. The van der Waals surface area contributed by atoms with Gasteiger partial charge in [0.1, 0.15) is 0 Å². The van der Waals surface area contributed by atoms with Crippen LogP contribution in [0.2, 0.25) is 5.02 Å². The van der Waals surface area contributed by atoms with E-state index in [0.717, 1.165) is 24.9 Å². The maximum atomic E-state index is 11.1. The van der Waals surface area contributed by atoms with Crippen molar-refractivity contribution in [2.45, 2.75) is 19.4 Å². The fraction of sp³-hybridized carbons (Fsp3) is 0.375. The molecule has 0 saturated carbocycles. The van der Waals surface area contributed by atoms with Gasteiger partial charge in [-0.1, -0.05) is 11.6 Å². The van der Waals surface area contributed by atoms with Crippen LogP contribution in [0.4, 0.5) is 0 Å². The van der Waals surface area contributed by atoms with E-state index in [0.29, 0.717) is 29.8 Å². The average molecular weight is 321 g/mol. The van der Waals surface area contributed by atoms with Gasteiger partial charge in [0.15, 0.2) is 5.76 Å². The lowest BCUT2D eigenvalue weighted by Gasteiger charge is -2.29. The molecule has 1 aromatic heterocycles. The Morgan fingerprint density at radius 2 is 2.18 bits per heavy atom. The third-order valence-corrected chi connectivity index (χ3v) is 4.15.